The van der Waals surface area contributed by atoms with Crippen molar-refractivity contribution < 1.29 is 0 Å². The zero-order valence-corrected chi connectivity index (χ0v) is 11.9. The van der Waals surface area contributed by atoms with Crippen LogP contribution < -0.4 is 5.32 Å². The van der Waals surface area contributed by atoms with Crippen LogP contribution in [0.2, 0.25) is 0 Å². The fraction of sp³-hybridized carbons (Fsp3) is 0.769. The van der Waals surface area contributed by atoms with Gasteiger partial charge < -0.3 is 10.2 Å². The molecular formula is C13H26N4. The summed E-state index contributed by atoms with van der Waals surface area (Å²) in [6.07, 6.45) is 4.01. The highest BCUT2D eigenvalue weighted by Gasteiger charge is 2.18. The smallest absolute Gasteiger partial charge is 0.0537 e. The van der Waals surface area contributed by atoms with Gasteiger partial charge in [-0.2, -0.15) is 5.10 Å². The van der Waals surface area contributed by atoms with E-state index in [4.69, 9.17) is 0 Å². The van der Waals surface area contributed by atoms with Gasteiger partial charge in [0.2, 0.25) is 0 Å². The summed E-state index contributed by atoms with van der Waals surface area (Å²) < 4.78 is 1.85. The summed E-state index contributed by atoms with van der Waals surface area (Å²) >= 11 is 0. The molecule has 98 valence electrons. The van der Waals surface area contributed by atoms with Gasteiger partial charge in [-0.25, -0.2) is 0 Å². The number of aryl methyl sites for hydroxylation is 1. The maximum absolute atomic E-state index is 4.22. The quantitative estimate of drug-likeness (QED) is 0.818. The second kappa shape index (κ2) is 6.17. The van der Waals surface area contributed by atoms with Gasteiger partial charge in [-0.3, -0.25) is 4.68 Å². The number of nitrogens with zero attached hydrogens (tertiary/aromatic N) is 3. The van der Waals surface area contributed by atoms with Crippen molar-refractivity contribution in [1.29, 1.82) is 0 Å². The second-order valence-corrected chi connectivity index (χ2v) is 5.45. The highest BCUT2D eigenvalue weighted by molar-refractivity contribution is 5.09. The molecule has 2 atom stereocenters. The molecule has 4 nitrogen and oxygen atoms in total. The van der Waals surface area contributed by atoms with Gasteiger partial charge in [-0.1, -0.05) is 13.8 Å². The van der Waals surface area contributed by atoms with E-state index < -0.39 is 0 Å². The Hall–Kier alpha value is -0.870. The molecule has 0 saturated heterocycles. The van der Waals surface area contributed by atoms with Gasteiger partial charge in [-0.15, -0.1) is 0 Å². The Morgan fingerprint density at radius 2 is 2.00 bits per heavy atom. The largest absolute Gasteiger partial charge is 0.308 e. The lowest BCUT2D eigenvalue weighted by Crippen LogP contribution is -2.43. The molecule has 1 aromatic heterocycles. The molecule has 0 aliphatic carbocycles. The molecular weight excluding hydrogens is 212 g/mol. The maximum Gasteiger partial charge on any atom is 0.0537 e. The lowest BCUT2D eigenvalue weighted by atomic mass is 10.0. The van der Waals surface area contributed by atoms with Gasteiger partial charge in [0.1, 0.15) is 0 Å². The van der Waals surface area contributed by atoms with Crippen LogP contribution in [0.4, 0.5) is 0 Å². The van der Waals surface area contributed by atoms with E-state index in [1.165, 1.54) is 5.56 Å². The number of rotatable bonds is 6. The Morgan fingerprint density at radius 3 is 2.41 bits per heavy atom. The molecule has 4 heteroatoms. The normalized spacial score (nSPS) is 15.5. The number of hydrogen-bond acceptors (Lipinski definition) is 3. The fourth-order valence-electron chi connectivity index (χ4n) is 1.93. The standard InChI is InChI=1S/C13H26N4/c1-10(2)13(9-16(4)5)15-11(3)12-7-14-17(6)8-12/h7-8,10-11,13,15H,9H2,1-6H3. The molecule has 1 heterocycles. The molecule has 1 rings (SSSR count). The van der Waals surface area contributed by atoms with E-state index in [1.807, 2.05) is 17.9 Å². The summed E-state index contributed by atoms with van der Waals surface area (Å²) in [5, 5.41) is 7.90. The summed E-state index contributed by atoms with van der Waals surface area (Å²) in [5.41, 5.74) is 1.25. The average Bonchev–Trinajstić information content (AvgIpc) is 2.63. The Balaban J connectivity index is 2.60. The van der Waals surface area contributed by atoms with Crippen molar-refractivity contribution in [1.82, 2.24) is 20.0 Å². The van der Waals surface area contributed by atoms with Crippen LogP contribution in [0.1, 0.15) is 32.4 Å². The molecule has 0 aliphatic rings. The summed E-state index contributed by atoms with van der Waals surface area (Å²) in [5.74, 6) is 0.622. The van der Waals surface area contributed by atoms with Crippen LogP contribution in [0.5, 0.6) is 0 Å². The molecule has 1 aromatic rings. The highest BCUT2D eigenvalue weighted by atomic mass is 15.2. The first-order valence-corrected chi connectivity index (χ1v) is 6.29. The Labute approximate surface area is 105 Å². The summed E-state index contributed by atoms with van der Waals surface area (Å²) in [4.78, 5) is 2.23. The van der Waals surface area contributed by atoms with E-state index in [9.17, 15) is 0 Å². The predicted molar refractivity (Wildman–Crippen MR) is 71.9 cm³/mol. The van der Waals surface area contributed by atoms with E-state index in [1.54, 1.807) is 0 Å². The van der Waals surface area contributed by atoms with Crippen molar-refractivity contribution in [2.45, 2.75) is 32.9 Å². The van der Waals surface area contributed by atoms with Crippen LogP contribution >= 0.6 is 0 Å². The number of likely N-dealkylation sites (N-methyl/N-ethyl adjacent to an activating group) is 1. The van der Waals surface area contributed by atoms with Crippen LogP contribution in [-0.4, -0.2) is 41.4 Å². The van der Waals surface area contributed by atoms with Gasteiger partial charge >= 0.3 is 0 Å². The molecule has 2 unspecified atom stereocenters. The van der Waals surface area contributed by atoms with Crippen LogP contribution in [-0.2, 0) is 7.05 Å². The van der Waals surface area contributed by atoms with Crippen LogP contribution in [0, 0.1) is 5.92 Å². The minimum absolute atomic E-state index is 0.344. The van der Waals surface area contributed by atoms with Gasteiger partial charge in [-0.05, 0) is 26.9 Å². The lowest BCUT2D eigenvalue weighted by molar-refractivity contribution is 0.273. The van der Waals surface area contributed by atoms with E-state index in [-0.39, 0.29) is 0 Å². The molecule has 17 heavy (non-hydrogen) atoms. The Kier molecular flexibility index (Phi) is 5.15. The number of hydrogen-bond donors (Lipinski definition) is 1. The van der Waals surface area contributed by atoms with Crippen molar-refractivity contribution in [3.63, 3.8) is 0 Å². The first kappa shape index (κ1) is 14.2. The third kappa shape index (κ3) is 4.48. The monoisotopic (exact) mass is 238 g/mol. The molecule has 0 aromatic carbocycles. The van der Waals surface area contributed by atoms with Crippen LogP contribution in [0.3, 0.4) is 0 Å². The second-order valence-electron chi connectivity index (χ2n) is 5.45. The average molecular weight is 238 g/mol. The predicted octanol–water partition coefficient (Wildman–Crippen LogP) is 1.66. The molecule has 1 N–H and O–H groups in total. The van der Waals surface area contributed by atoms with Crippen LogP contribution in [0.15, 0.2) is 12.4 Å². The highest BCUT2D eigenvalue weighted by Crippen LogP contribution is 2.14. The van der Waals surface area contributed by atoms with Crippen molar-refractivity contribution in [3.8, 4) is 0 Å². The fourth-order valence-corrected chi connectivity index (χ4v) is 1.93. The van der Waals surface area contributed by atoms with Crippen molar-refractivity contribution >= 4 is 0 Å². The molecule has 0 fully saturated rings. The van der Waals surface area contributed by atoms with E-state index in [0.717, 1.165) is 6.54 Å². The molecule has 0 saturated carbocycles. The Morgan fingerprint density at radius 1 is 1.35 bits per heavy atom. The summed E-state index contributed by atoms with van der Waals surface area (Å²) in [7, 11) is 6.19. The lowest BCUT2D eigenvalue weighted by Gasteiger charge is -2.28. The van der Waals surface area contributed by atoms with Gasteiger partial charge in [0.15, 0.2) is 0 Å². The Bertz CT molecular complexity index is 330. The zero-order chi connectivity index (χ0) is 13.0. The van der Waals surface area contributed by atoms with E-state index in [0.29, 0.717) is 18.0 Å². The third-order valence-electron chi connectivity index (χ3n) is 3.06. The molecule has 0 aliphatic heterocycles. The number of nitrogens with one attached hydrogen (secondary N) is 1. The van der Waals surface area contributed by atoms with E-state index in [2.05, 4.69) is 56.4 Å². The minimum atomic E-state index is 0.344. The first-order valence-electron chi connectivity index (χ1n) is 6.29. The molecule has 0 bridgehead atoms. The minimum Gasteiger partial charge on any atom is -0.308 e. The maximum atomic E-state index is 4.22. The summed E-state index contributed by atoms with van der Waals surface area (Å²) in [6, 6.07) is 0.844. The first-order chi connectivity index (χ1) is 7.90. The SMILES string of the molecule is CC(NC(CN(C)C)C(C)C)c1cnn(C)c1. The third-order valence-corrected chi connectivity index (χ3v) is 3.06. The van der Waals surface area contributed by atoms with E-state index >= 15 is 0 Å². The number of aromatic nitrogens is 2. The van der Waals surface area contributed by atoms with Gasteiger partial charge in [0.05, 0.1) is 6.20 Å². The van der Waals surface area contributed by atoms with Crippen molar-refractivity contribution in [2.24, 2.45) is 13.0 Å². The molecule has 0 spiro atoms. The van der Waals surface area contributed by atoms with Gasteiger partial charge in [0.25, 0.3) is 0 Å². The van der Waals surface area contributed by atoms with Gasteiger partial charge in [0, 0.05) is 37.4 Å². The molecule has 0 amide bonds. The van der Waals surface area contributed by atoms with Crippen molar-refractivity contribution in [2.75, 3.05) is 20.6 Å². The van der Waals surface area contributed by atoms with Crippen LogP contribution in [0.25, 0.3) is 0 Å². The topological polar surface area (TPSA) is 33.1 Å². The zero-order valence-electron chi connectivity index (χ0n) is 11.9. The van der Waals surface area contributed by atoms with Crippen molar-refractivity contribution in [3.05, 3.63) is 18.0 Å². The molecule has 0 radical (unpaired) electrons. The summed E-state index contributed by atoms with van der Waals surface area (Å²) in [6.45, 7) is 7.78.